The molecule has 0 bridgehead atoms. The predicted octanol–water partition coefficient (Wildman–Crippen LogP) is 2.71. The Balaban J connectivity index is 1.86. The second-order valence-corrected chi connectivity index (χ2v) is 5.94. The summed E-state index contributed by atoms with van der Waals surface area (Å²) >= 11 is 3.51. The molecule has 0 saturated heterocycles. The topological polar surface area (TPSA) is 81.5 Å². The highest BCUT2D eigenvalue weighted by atomic mass is 79.9. The normalized spacial score (nSPS) is 13.5. The van der Waals surface area contributed by atoms with Crippen LogP contribution in [0.5, 0.6) is 0 Å². The third kappa shape index (κ3) is 1.85. The maximum Gasteiger partial charge on any atom is 0.194 e. The van der Waals surface area contributed by atoms with Crippen LogP contribution >= 0.6 is 15.9 Å². The van der Waals surface area contributed by atoms with E-state index in [-0.39, 0.29) is 0 Å². The van der Waals surface area contributed by atoms with E-state index in [1.807, 2.05) is 25.1 Å². The van der Waals surface area contributed by atoms with Gasteiger partial charge in [0.1, 0.15) is 5.69 Å². The molecule has 2 N–H and O–H groups in total. The lowest BCUT2D eigenvalue weighted by Gasteiger charge is -2.04. The molecule has 0 radical (unpaired) electrons. The van der Waals surface area contributed by atoms with Crippen molar-refractivity contribution in [3.63, 3.8) is 0 Å². The molecule has 0 aliphatic carbocycles. The molecule has 22 heavy (non-hydrogen) atoms. The van der Waals surface area contributed by atoms with Gasteiger partial charge >= 0.3 is 0 Å². The van der Waals surface area contributed by atoms with Crippen LogP contribution in [-0.2, 0) is 12.8 Å². The van der Waals surface area contributed by atoms with Gasteiger partial charge in [-0.3, -0.25) is 4.99 Å². The number of aryl methyl sites for hydroxylation is 1. The van der Waals surface area contributed by atoms with Crippen molar-refractivity contribution in [2.45, 2.75) is 19.8 Å². The SMILES string of the molecule is CCc1nn2c(N)c(C3=Nc4ccccc4C3)nnc2c1Br. The molecule has 1 aliphatic heterocycles. The predicted molar refractivity (Wildman–Crippen MR) is 88.6 cm³/mol. The van der Waals surface area contributed by atoms with Gasteiger partial charge < -0.3 is 5.73 Å². The molecule has 0 fully saturated rings. The first-order valence-electron chi connectivity index (χ1n) is 7.04. The molecular weight excluding hydrogens is 344 g/mol. The van der Waals surface area contributed by atoms with Gasteiger partial charge in [0.25, 0.3) is 0 Å². The largest absolute Gasteiger partial charge is 0.382 e. The number of aromatic nitrogens is 4. The lowest BCUT2D eigenvalue weighted by molar-refractivity contribution is 0.864. The molecule has 0 unspecified atom stereocenters. The van der Waals surface area contributed by atoms with Gasteiger partial charge in [0.05, 0.1) is 21.6 Å². The summed E-state index contributed by atoms with van der Waals surface area (Å²) < 4.78 is 2.48. The first-order chi connectivity index (χ1) is 10.7. The van der Waals surface area contributed by atoms with Crippen LogP contribution in [0.4, 0.5) is 11.5 Å². The van der Waals surface area contributed by atoms with Crippen LogP contribution in [-0.4, -0.2) is 25.5 Å². The van der Waals surface area contributed by atoms with Crippen LogP contribution in [0.15, 0.2) is 33.7 Å². The smallest absolute Gasteiger partial charge is 0.194 e. The molecule has 1 aromatic carbocycles. The molecule has 1 aliphatic rings. The maximum absolute atomic E-state index is 6.27. The first kappa shape index (κ1) is 13.4. The van der Waals surface area contributed by atoms with Gasteiger partial charge in [0.2, 0.25) is 0 Å². The van der Waals surface area contributed by atoms with Crippen molar-refractivity contribution in [3.8, 4) is 0 Å². The highest BCUT2D eigenvalue weighted by Gasteiger charge is 2.22. The van der Waals surface area contributed by atoms with Gasteiger partial charge in [0.15, 0.2) is 11.5 Å². The molecule has 6 nitrogen and oxygen atoms in total. The van der Waals surface area contributed by atoms with Crippen LogP contribution in [0, 0.1) is 0 Å². The van der Waals surface area contributed by atoms with E-state index in [1.54, 1.807) is 4.52 Å². The van der Waals surface area contributed by atoms with Gasteiger partial charge in [0, 0.05) is 6.42 Å². The quantitative estimate of drug-likeness (QED) is 0.765. The Morgan fingerprint density at radius 3 is 2.86 bits per heavy atom. The molecule has 110 valence electrons. The minimum Gasteiger partial charge on any atom is -0.382 e. The van der Waals surface area contributed by atoms with Crippen molar-refractivity contribution in [1.82, 2.24) is 19.8 Å². The van der Waals surface area contributed by atoms with Crippen LogP contribution in [0.1, 0.15) is 23.9 Å². The van der Waals surface area contributed by atoms with E-state index in [0.29, 0.717) is 23.6 Å². The van der Waals surface area contributed by atoms with Crippen molar-refractivity contribution in [2.24, 2.45) is 4.99 Å². The number of para-hydroxylation sites is 1. The summed E-state index contributed by atoms with van der Waals surface area (Å²) in [5.41, 5.74) is 11.4. The fourth-order valence-electron chi connectivity index (χ4n) is 2.64. The highest BCUT2D eigenvalue weighted by molar-refractivity contribution is 9.10. The zero-order valence-electron chi connectivity index (χ0n) is 11.9. The number of benzene rings is 1. The van der Waals surface area contributed by atoms with Gasteiger partial charge in [-0.2, -0.15) is 9.61 Å². The average molecular weight is 357 g/mol. The lowest BCUT2D eigenvalue weighted by Crippen LogP contribution is -2.14. The zero-order chi connectivity index (χ0) is 15.3. The minimum absolute atomic E-state index is 0.469. The molecule has 7 heteroatoms. The number of nitrogens with two attached hydrogens (primary N) is 1. The van der Waals surface area contributed by atoms with Crippen LogP contribution in [0.25, 0.3) is 5.65 Å². The molecule has 2 aromatic heterocycles. The summed E-state index contributed by atoms with van der Waals surface area (Å²) in [5.74, 6) is 0.469. The van der Waals surface area contributed by atoms with E-state index in [0.717, 1.165) is 28.0 Å². The highest BCUT2D eigenvalue weighted by Crippen LogP contribution is 2.30. The van der Waals surface area contributed by atoms with E-state index in [4.69, 9.17) is 5.73 Å². The third-order valence-corrected chi connectivity index (χ3v) is 4.61. The Bertz CT molecular complexity index is 927. The molecule has 3 aromatic rings. The first-order valence-corrected chi connectivity index (χ1v) is 7.83. The summed E-state index contributed by atoms with van der Waals surface area (Å²) in [7, 11) is 0. The minimum atomic E-state index is 0.469. The van der Waals surface area contributed by atoms with Crippen LogP contribution in [0.3, 0.4) is 0 Å². The van der Waals surface area contributed by atoms with E-state index in [1.165, 1.54) is 5.56 Å². The Labute approximate surface area is 135 Å². The second kappa shape index (κ2) is 4.88. The van der Waals surface area contributed by atoms with Gasteiger partial charge in [-0.1, -0.05) is 25.1 Å². The molecule has 0 atom stereocenters. The molecular formula is C15H13BrN6. The number of anilines is 1. The number of fused-ring (bicyclic) bond motifs is 2. The van der Waals surface area contributed by atoms with Crippen molar-refractivity contribution < 1.29 is 0 Å². The number of hydrogen-bond donors (Lipinski definition) is 1. The van der Waals surface area contributed by atoms with Crippen LogP contribution < -0.4 is 5.73 Å². The number of halogens is 1. The second-order valence-electron chi connectivity index (χ2n) is 5.15. The Morgan fingerprint density at radius 1 is 1.27 bits per heavy atom. The van der Waals surface area contributed by atoms with Gasteiger partial charge in [-0.25, -0.2) is 0 Å². The van der Waals surface area contributed by atoms with Gasteiger partial charge in [-0.05, 0) is 34.0 Å². The fourth-order valence-corrected chi connectivity index (χ4v) is 3.25. The number of aliphatic imine (C=N–C) groups is 1. The number of rotatable bonds is 2. The third-order valence-electron chi connectivity index (χ3n) is 3.80. The summed E-state index contributed by atoms with van der Waals surface area (Å²) in [5, 5.41) is 13.0. The van der Waals surface area contributed by atoms with E-state index in [9.17, 15) is 0 Å². The molecule has 0 amide bonds. The van der Waals surface area contributed by atoms with E-state index >= 15 is 0 Å². The maximum atomic E-state index is 6.27. The lowest BCUT2D eigenvalue weighted by atomic mass is 10.1. The van der Waals surface area contributed by atoms with E-state index < -0.39 is 0 Å². The van der Waals surface area contributed by atoms with Crippen LogP contribution in [0.2, 0.25) is 0 Å². The van der Waals surface area contributed by atoms with Crippen molar-refractivity contribution in [1.29, 1.82) is 0 Å². The molecule has 0 spiro atoms. The summed E-state index contributed by atoms with van der Waals surface area (Å²) in [6.45, 7) is 2.04. The standard InChI is InChI=1S/C15H13BrN6/c1-2-9-12(16)15-20-19-13(14(17)22(15)21-9)11-7-8-5-3-4-6-10(8)18-11/h3-6H,2,7,17H2,1H3. The Kier molecular flexibility index (Phi) is 2.97. The number of nitrogen functional groups attached to an aromatic ring is 1. The monoisotopic (exact) mass is 356 g/mol. The van der Waals surface area contributed by atoms with Gasteiger partial charge in [-0.15, -0.1) is 10.2 Å². The summed E-state index contributed by atoms with van der Waals surface area (Å²) in [4.78, 5) is 4.62. The molecule has 4 rings (SSSR count). The van der Waals surface area contributed by atoms with Crippen molar-refractivity contribution in [3.05, 3.63) is 45.7 Å². The van der Waals surface area contributed by atoms with E-state index in [2.05, 4.69) is 42.3 Å². The van der Waals surface area contributed by atoms with Crippen molar-refractivity contribution in [2.75, 3.05) is 5.73 Å². The van der Waals surface area contributed by atoms with Crippen molar-refractivity contribution >= 4 is 38.8 Å². The average Bonchev–Trinajstić information content (AvgIpc) is 3.09. The summed E-state index contributed by atoms with van der Waals surface area (Å²) in [6.07, 6.45) is 1.51. The summed E-state index contributed by atoms with van der Waals surface area (Å²) in [6, 6.07) is 8.03. The number of hydrogen-bond acceptors (Lipinski definition) is 5. The molecule has 3 heterocycles. The Hall–Kier alpha value is -2.28. The zero-order valence-corrected chi connectivity index (χ0v) is 13.5. The molecule has 0 saturated carbocycles. The Morgan fingerprint density at radius 2 is 2.09 bits per heavy atom. The fraction of sp³-hybridized carbons (Fsp3) is 0.200. The number of nitrogens with zero attached hydrogens (tertiary/aromatic N) is 5.